The van der Waals surface area contributed by atoms with Gasteiger partial charge in [-0.25, -0.2) is 4.39 Å². The summed E-state index contributed by atoms with van der Waals surface area (Å²) >= 11 is 6.18. The number of benzene rings is 1. The first-order valence-corrected chi connectivity index (χ1v) is 8.05. The molecule has 2 rings (SSSR count). The summed E-state index contributed by atoms with van der Waals surface area (Å²) in [5.74, 6) is 0.371. The van der Waals surface area contributed by atoms with Crippen LogP contribution in [0.2, 0.25) is 5.02 Å². The van der Waals surface area contributed by atoms with Crippen LogP contribution < -0.4 is 5.32 Å². The van der Waals surface area contributed by atoms with Gasteiger partial charge in [-0.3, -0.25) is 0 Å². The van der Waals surface area contributed by atoms with E-state index in [2.05, 4.69) is 12.2 Å². The SMILES string of the molecule is CNC(Cc1ccc(F)cc1Cl)C1(OC)CCCC(C)C1. The van der Waals surface area contributed by atoms with Gasteiger partial charge < -0.3 is 10.1 Å². The minimum Gasteiger partial charge on any atom is -0.377 e. The molecular weight excluding hydrogens is 289 g/mol. The Morgan fingerprint density at radius 3 is 2.86 bits per heavy atom. The van der Waals surface area contributed by atoms with Gasteiger partial charge in [-0.15, -0.1) is 0 Å². The molecule has 21 heavy (non-hydrogen) atoms. The molecule has 1 aromatic rings. The van der Waals surface area contributed by atoms with Crippen molar-refractivity contribution in [2.24, 2.45) is 5.92 Å². The van der Waals surface area contributed by atoms with Gasteiger partial charge >= 0.3 is 0 Å². The highest BCUT2D eigenvalue weighted by Gasteiger charge is 2.41. The molecule has 0 spiro atoms. The van der Waals surface area contributed by atoms with E-state index in [1.165, 1.54) is 25.0 Å². The van der Waals surface area contributed by atoms with E-state index >= 15 is 0 Å². The molecule has 0 saturated heterocycles. The van der Waals surface area contributed by atoms with Crippen LogP contribution >= 0.6 is 11.6 Å². The van der Waals surface area contributed by atoms with Crippen molar-refractivity contribution in [2.75, 3.05) is 14.2 Å². The fourth-order valence-electron chi connectivity index (χ4n) is 3.65. The van der Waals surface area contributed by atoms with Crippen LogP contribution in [-0.4, -0.2) is 25.8 Å². The minimum absolute atomic E-state index is 0.163. The smallest absolute Gasteiger partial charge is 0.124 e. The molecular formula is C17H25ClFNO. The predicted molar refractivity (Wildman–Crippen MR) is 85.3 cm³/mol. The maximum Gasteiger partial charge on any atom is 0.124 e. The maximum absolute atomic E-state index is 13.2. The lowest BCUT2D eigenvalue weighted by atomic mass is 9.73. The van der Waals surface area contributed by atoms with E-state index in [1.54, 1.807) is 13.2 Å². The Bertz CT molecular complexity index is 482. The number of nitrogens with one attached hydrogen (secondary N) is 1. The van der Waals surface area contributed by atoms with E-state index in [0.717, 1.165) is 24.8 Å². The minimum atomic E-state index is -0.294. The summed E-state index contributed by atoms with van der Waals surface area (Å²) in [7, 11) is 3.76. The molecule has 4 heteroatoms. The Morgan fingerprint density at radius 2 is 2.29 bits per heavy atom. The molecule has 1 saturated carbocycles. The third kappa shape index (κ3) is 3.77. The predicted octanol–water partition coefficient (Wildman–Crippen LogP) is 4.20. The first-order chi connectivity index (χ1) is 10.0. The highest BCUT2D eigenvalue weighted by molar-refractivity contribution is 6.31. The van der Waals surface area contributed by atoms with Crippen molar-refractivity contribution in [3.63, 3.8) is 0 Å². The summed E-state index contributed by atoms with van der Waals surface area (Å²) in [4.78, 5) is 0. The first-order valence-electron chi connectivity index (χ1n) is 7.67. The van der Waals surface area contributed by atoms with Crippen LogP contribution in [0.15, 0.2) is 18.2 Å². The van der Waals surface area contributed by atoms with Crippen LogP contribution in [0.25, 0.3) is 0 Å². The zero-order chi connectivity index (χ0) is 15.5. The van der Waals surface area contributed by atoms with Crippen molar-refractivity contribution in [1.82, 2.24) is 5.32 Å². The van der Waals surface area contributed by atoms with Crippen molar-refractivity contribution < 1.29 is 9.13 Å². The van der Waals surface area contributed by atoms with Crippen molar-refractivity contribution in [3.05, 3.63) is 34.6 Å². The number of hydrogen-bond donors (Lipinski definition) is 1. The van der Waals surface area contributed by atoms with Crippen molar-refractivity contribution >= 4 is 11.6 Å². The highest BCUT2D eigenvalue weighted by Crippen LogP contribution is 2.38. The molecule has 3 unspecified atom stereocenters. The zero-order valence-electron chi connectivity index (χ0n) is 13.1. The quantitative estimate of drug-likeness (QED) is 0.879. The molecule has 1 fully saturated rings. The van der Waals surface area contributed by atoms with Gasteiger partial charge in [-0.05, 0) is 49.9 Å². The van der Waals surface area contributed by atoms with Crippen LogP contribution in [0.1, 0.15) is 38.2 Å². The van der Waals surface area contributed by atoms with Crippen LogP contribution in [0.4, 0.5) is 4.39 Å². The van der Waals surface area contributed by atoms with Gasteiger partial charge in [0.25, 0.3) is 0 Å². The van der Waals surface area contributed by atoms with Crippen LogP contribution in [-0.2, 0) is 11.2 Å². The Hall–Kier alpha value is -0.640. The lowest BCUT2D eigenvalue weighted by Gasteiger charge is -2.44. The second-order valence-electron chi connectivity index (χ2n) is 6.25. The van der Waals surface area contributed by atoms with Crippen LogP contribution in [0, 0.1) is 11.7 Å². The monoisotopic (exact) mass is 313 g/mol. The summed E-state index contributed by atoms with van der Waals surface area (Å²) in [6.45, 7) is 2.28. The standard InChI is InChI=1S/C17H25ClFNO/c1-12-5-4-8-17(11-12,21-3)16(20-2)9-13-6-7-14(19)10-15(13)18/h6-7,10,12,16,20H,4-5,8-9,11H2,1-3H3. The summed E-state index contributed by atoms with van der Waals surface area (Å²) < 4.78 is 19.1. The van der Waals surface area contributed by atoms with Gasteiger partial charge in [-0.2, -0.15) is 0 Å². The Kier molecular flexibility index (Phi) is 5.64. The molecule has 3 atom stereocenters. The molecule has 0 aromatic heterocycles. The van der Waals surface area contributed by atoms with Crippen LogP contribution in [0.3, 0.4) is 0 Å². The number of methoxy groups -OCH3 is 1. The van der Waals surface area contributed by atoms with Crippen LogP contribution in [0.5, 0.6) is 0 Å². The molecule has 0 radical (unpaired) electrons. The average Bonchev–Trinajstić information content (AvgIpc) is 2.46. The molecule has 0 heterocycles. The molecule has 0 bridgehead atoms. The normalized spacial score (nSPS) is 27.6. The number of hydrogen-bond acceptors (Lipinski definition) is 2. The molecule has 2 nitrogen and oxygen atoms in total. The van der Waals surface area contributed by atoms with Crippen molar-refractivity contribution in [2.45, 2.75) is 50.7 Å². The largest absolute Gasteiger partial charge is 0.377 e. The lowest BCUT2D eigenvalue weighted by Crippen LogP contribution is -2.54. The number of rotatable bonds is 5. The first kappa shape index (κ1) is 16.7. The van der Waals surface area contributed by atoms with E-state index in [-0.39, 0.29) is 17.5 Å². The highest BCUT2D eigenvalue weighted by atomic mass is 35.5. The average molecular weight is 314 g/mol. The Labute approximate surface area is 132 Å². The third-order valence-electron chi connectivity index (χ3n) is 4.82. The Balaban J connectivity index is 2.21. The number of ether oxygens (including phenoxy) is 1. The van der Waals surface area contributed by atoms with Gasteiger partial charge in [0.1, 0.15) is 5.82 Å². The van der Waals surface area contributed by atoms with Gasteiger partial charge in [0.15, 0.2) is 0 Å². The summed E-state index contributed by atoms with van der Waals surface area (Å²) in [5.41, 5.74) is 0.802. The Morgan fingerprint density at radius 1 is 1.52 bits per heavy atom. The number of halogens is 2. The molecule has 118 valence electrons. The molecule has 1 aromatic carbocycles. The van der Waals surface area contributed by atoms with E-state index in [1.807, 2.05) is 7.05 Å². The van der Waals surface area contributed by atoms with E-state index in [0.29, 0.717) is 10.9 Å². The van der Waals surface area contributed by atoms with Gasteiger partial charge in [0.2, 0.25) is 0 Å². The second-order valence-corrected chi connectivity index (χ2v) is 6.66. The molecule has 1 N–H and O–H groups in total. The molecule has 0 aliphatic heterocycles. The maximum atomic E-state index is 13.2. The third-order valence-corrected chi connectivity index (χ3v) is 5.17. The molecule has 0 amide bonds. The van der Waals surface area contributed by atoms with Gasteiger partial charge in [0, 0.05) is 18.2 Å². The fraction of sp³-hybridized carbons (Fsp3) is 0.647. The van der Waals surface area contributed by atoms with Crippen molar-refractivity contribution in [3.8, 4) is 0 Å². The number of likely N-dealkylation sites (N-methyl/N-ethyl adjacent to an activating group) is 1. The van der Waals surface area contributed by atoms with Crippen molar-refractivity contribution in [1.29, 1.82) is 0 Å². The fourth-order valence-corrected chi connectivity index (χ4v) is 3.89. The summed E-state index contributed by atoms with van der Waals surface area (Å²) in [6.07, 6.45) is 5.30. The van der Waals surface area contributed by atoms with E-state index in [9.17, 15) is 4.39 Å². The second kappa shape index (κ2) is 7.08. The molecule has 1 aliphatic carbocycles. The lowest BCUT2D eigenvalue weighted by molar-refractivity contribution is -0.0775. The summed E-state index contributed by atoms with van der Waals surface area (Å²) in [6, 6.07) is 4.80. The zero-order valence-corrected chi connectivity index (χ0v) is 13.8. The summed E-state index contributed by atoms with van der Waals surface area (Å²) in [5, 5.41) is 3.89. The van der Waals surface area contributed by atoms with Gasteiger partial charge in [0.05, 0.1) is 5.60 Å². The van der Waals surface area contributed by atoms with E-state index in [4.69, 9.17) is 16.3 Å². The molecule has 1 aliphatic rings. The topological polar surface area (TPSA) is 21.3 Å². The van der Waals surface area contributed by atoms with E-state index < -0.39 is 0 Å². The van der Waals surface area contributed by atoms with Gasteiger partial charge in [-0.1, -0.05) is 37.4 Å².